The number of hydrazine groups is 1. The average Bonchev–Trinajstić information content (AvgIpc) is 2.96. The molecule has 0 bridgehead atoms. The van der Waals surface area contributed by atoms with Gasteiger partial charge in [-0.25, -0.2) is 0 Å². The molecule has 21 heavy (non-hydrogen) atoms. The van der Waals surface area contributed by atoms with Crippen molar-refractivity contribution in [3.8, 4) is 0 Å². The Kier molecular flexibility index (Phi) is 4.72. The molecule has 0 spiro atoms. The molecule has 1 aromatic rings. The van der Waals surface area contributed by atoms with Crippen molar-refractivity contribution in [2.45, 2.75) is 31.9 Å². The molecule has 0 heterocycles. The zero-order valence-electron chi connectivity index (χ0n) is 11.5. The van der Waals surface area contributed by atoms with Crippen molar-refractivity contribution in [2.24, 2.45) is 11.8 Å². The maximum atomic E-state index is 12.9. The van der Waals surface area contributed by atoms with Crippen LogP contribution in [0.25, 0.3) is 0 Å². The third-order valence-electron chi connectivity index (χ3n) is 3.78. The van der Waals surface area contributed by atoms with Gasteiger partial charge in [0, 0.05) is 6.54 Å². The van der Waals surface area contributed by atoms with Crippen LogP contribution in [0.1, 0.15) is 41.6 Å². The van der Waals surface area contributed by atoms with E-state index < -0.39 is 23.3 Å². The number of halogens is 3. The summed E-state index contributed by atoms with van der Waals surface area (Å²) in [4.78, 5) is 12.1. The lowest BCUT2D eigenvalue weighted by molar-refractivity contribution is -0.137. The van der Waals surface area contributed by atoms with Crippen LogP contribution in [0.15, 0.2) is 18.2 Å². The summed E-state index contributed by atoms with van der Waals surface area (Å²) >= 11 is 0. The molecular formula is C14H18F3N3O. The fourth-order valence-electron chi connectivity index (χ4n) is 2.68. The molecule has 0 radical (unpaired) electrons. The van der Waals surface area contributed by atoms with Gasteiger partial charge in [-0.1, -0.05) is 18.9 Å². The Morgan fingerprint density at radius 1 is 1.29 bits per heavy atom. The zero-order valence-corrected chi connectivity index (χ0v) is 11.5. The van der Waals surface area contributed by atoms with Gasteiger partial charge in [-0.05, 0) is 30.9 Å². The van der Waals surface area contributed by atoms with E-state index in [4.69, 9.17) is 5.84 Å². The number of nitrogens with one attached hydrogen (secondary N) is 2. The summed E-state index contributed by atoms with van der Waals surface area (Å²) in [5, 5.41) is 2.69. The molecule has 0 saturated heterocycles. The number of benzene rings is 1. The number of alkyl halides is 3. The van der Waals surface area contributed by atoms with Gasteiger partial charge in [-0.15, -0.1) is 0 Å². The summed E-state index contributed by atoms with van der Waals surface area (Å²) in [6, 6.07) is 3.42. The Morgan fingerprint density at radius 3 is 2.52 bits per heavy atom. The summed E-state index contributed by atoms with van der Waals surface area (Å²) in [5.74, 6) is 5.04. The summed E-state index contributed by atoms with van der Waals surface area (Å²) < 4.78 is 38.6. The Bertz CT molecular complexity index is 511. The van der Waals surface area contributed by atoms with E-state index >= 15 is 0 Å². The molecule has 7 heteroatoms. The molecule has 2 rings (SSSR count). The fraction of sp³-hybridized carbons (Fsp3) is 0.500. The molecule has 1 aliphatic rings. The van der Waals surface area contributed by atoms with Gasteiger partial charge in [-0.3, -0.25) is 10.6 Å². The van der Waals surface area contributed by atoms with E-state index in [1.807, 2.05) is 5.43 Å². The van der Waals surface area contributed by atoms with E-state index in [1.54, 1.807) is 0 Å². The third kappa shape index (κ3) is 3.66. The van der Waals surface area contributed by atoms with E-state index in [0.29, 0.717) is 12.5 Å². The van der Waals surface area contributed by atoms with Gasteiger partial charge >= 0.3 is 6.18 Å². The molecular weight excluding hydrogens is 283 g/mol. The van der Waals surface area contributed by atoms with Crippen LogP contribution in [-0.4, -0.2) is 12.5 Å². The number of carbonyl (C=O) groups is 1. The number of nitrogens with two attached hydrogens (primary N) is 1. The topological polar surface area (TPSA) is 67.1 Å². The van der Waals surface area contributed by atoms with Crippen LogP contribution in [0.4, 0.5) is 18.9 Å². The summed E-state index contributed by atoms with van der Waals surface area (Å²) in [5.41, 5.74) is 0.566. The highest BCUT2D eigenvalue weighted by molar-refractivity contribution is 6.00. The molecule has 1 saturated carbocycles. The Morgan fingerprint density at radius 2 is 1.95 bits per heavy atom. The van der Waals surface area contributed by atoms with Crippen LogP contribution in [0.3, 0.4) is 0 Å². The summed E-state index contributed by atoms with van der Waals surface area (Å²) in [7, 11) is 0. The van der Waals surface area contributed by atoms with Crippen molar-refractivity contribution in [1.29, 1.82) is 0 Å². The molecule has 4 N–H and O–H groups in total. The second kappa shape index (κ2) is 6.34. The largest absolute Gasteiger partial charge is 0.418 e. The van der Waals surface area contributed by atoms with Crippen LogP contribution in [-0.2, 0) is 6.18 Å². The van der Waals surface area contributed by atoms with Crippen LogP contribution < -0.4 is 16.6 Å². The number of hydrogen-bond donors (Lipinski definition) is 3. The maximum Gasteiger partial charge on any atom is 0.418 e. The van der Waals surface area contributed by atoms with Gasteiger partial charge in [-0.2, -0.15) is 13.2 Å². The Balaban J connectivity index is 2.16. The quantitative estimate of drug-likeness (QED) is 0.592. The van der Waals surface area contributed by atoms with Gasteiger partial charge in [0.1, 0.15) is 0 Å². The van der Waals surface area contributed by atoms with Crippen molar-refractivity contribution in [3.05, 3.63) is 29.3 Å². The first-order valence-electron chi connectivity index (χ1n) is 6.88. The van der Waals surface area contributed by atoms with Crippen molar-refractivity contribution in [1.82, 2.24) is 5.32 Å². The number of anilines is 1. The molecule has 1 aromatic carbocycles. The number of rotatable bonds is 4. The van der Waals surface area contributed by atoms with Crippen LogP contribution in [0.2, 0.25) is 0 Å². The van der Waals surface area contributed by atoms with E-state index in [1.165, 1.54) is 12.1 Å². The first-order chi connectivity index (χ1) is 9.93. The number of carbonyl (C=O) groups excluding carboxylic acids is 1. The molecule has 0 aliphatic heterocycles. The standard InChI is InChI=1S/C14H18F3N3O/c15-14(16,17)11-7-3-6-10(12(11)20-18)13(21)19-8-9-4-1-2-5-9/h3,6-7,9,20H,1-2,4-5,8,18H2,(H,19,21). The highest BCUT2D eigenvalue weighted by Crippen LogP contribution is 2.36. The van der Waals surface area contributed by atoms with Crippen LogP contribution in [0, 0.1) is 5.92 Å². The molecule has 1 aliphatic carbocycles. The molecule has 1 fully saturated rings. The summed E-state index contributed by atoms with van der Waals surface area (Å²) in [6.07, 6.45) is -0.196. The van der Waals surface area contributed by atoms with Gasteiger partial charge in [0.15, 0.2) is 0 Å². The minimum Gasteiger partial charge on any atom is -0.352 e. The van der Waals surface area contributed by atoms with Crippen molar-refractivity contribution in [3.63, 3.8) is 0 Å². The second-order valence-electron chi connectivity index (χ2n) is 5.23. The Hall–Kier alpha value is -1.76. The summed E-state index contributed by atoms with van der Waals surface area (Å²) in [6.45, 7) is 0.485. The van der Waals surface area contributed by atoms with Gasteiger partial charge in [0.05, 0.1) is 16.8 Å². The number of para-hydroxylation sites is 1. The zero-order chi connectivity index (χ0) is 15.5. The lowest BCUT2D eigenvalue weighted by Gasteiger charge is -2.17. The number of hydrogen-bond acceptors (Lipinski definition) is 3. The predicted molar refractivity (Wildman–Crippen MR) is 73.5 cm³/mol. The molecule has 0 atom stereocenters. The van der Waals surface area contributed by atoms with Crippen molar-refractivity contribution >= 4 is 11.6 Å². The molecule has 1 amide bonds. The highest BCUT2D eigenvalue weighted by atomic mass is 19.4. The molecule has 116 valence electrons. The Labute approximate surface area is 120 Å². The molecule has 0 unspecified atom stereocenters. The monoisotopic (exact) mass is 301 g/mol. The third-order valence-corrected chi connectivity index (χ3v) is 3.78. The smallest absolute Gasteiger partial charge is 0.352 e. The van der Waals surface area contributed by atoms with Crippen LogP contribution >= 0.6 is 0 Å². The fourth-order valence-corrected chi connectivity index (χ4v) is 2.68. The second-order valence-corrected chi connectivity index (χ2v) is 5.23. The van der Waals surface area contributed by atoms with E-state index in [0.717, 1.165) is 31.7 Å². The van der Waals surface area contributed by atoms with E-state index in [2.05, 4.69) is 5.32 Å². The predicted octanol–water partition coefficient (Wildman–Crippen LogP) is 2.91. The minimum absolute atomic E-state index is 0.0923. The lowest BCUT2D eigenvalue weighted by atomic mass is 10.0. The lowest BCUT2D eigenvalue weighted by Crippen LogP contribution is -2.30. The van der Waals surface area contributed by atoms with Crippen molar-refractivity contribution < 1.29 is 18.0 Å². The highest BCUT2D eigenvalue weighted by Gasteiger charge is 2.35. The van der Waals surface area contributed by atoms with E-state index in [9.17, 15) is 18.0 Å². The maximum absolute atomic E-state index is 12.9. The SMILES string of the molecule is NNc1c(C(=O)NCC2CCCC2)cccc1C(F)(F)F. The first-order valence-corrected chi connectivity index (χ1v) is 6.88. The minimum atomic E-state index is -4.57. The van der Waals surface area contributed by atoms with Crippen molar-refractivity contribution in [2.75, 3.05) is 12.0 Å². The van der Waals surface area contributed by atoms with Crippen LogP contribution in [0.5, 0.6) is 0 Å². The van der Waals surface area contributed by atoms with Gasteiger partial charge in [0.25, 0.3) is 5.91 Å². The van der Waals surface area contributed by atoms with Gasteiger partial charge < -0.3 is 10.7 Å². The molecule has 4 nitrogen and oxygen atoms in total. The van der Waals surface area contributed by atoms with Gasteiger partial charge in [0.2, 0.25) is 0 Å². The normalized spacial score (nSPS) is 16.0. The first kappa shape index (κ1) is 15.6. The average molecular weight is 301 g/mol. The molecule has 0 aromatic heterocycles. The number of amides is 1. The van der Waals surface area contributed by atoms with E-state index in [-0.39, 0.29) is 5.56 Å². The number of nitrogen functional groups attached to an aromatic ring is 1.